The normalized spacial score (nSPS) is 15.4. The molecule has 8 heteroatoms. The van der Waals surface area contributed by atoms with Gasteiger partial charge in [0, 0.05) is 50.3 Å². The van der Waals surface area contributed by atoms with Crippen molar-refractivity contribution in [2.45, 2.75) is 53.1 Å². The number of aromatic nitrogens is 1. The van der Waals surface area contributed by atoms with Crippen molar-refractivity contribution in [2.75, 3.05) is 0 Å². The van der Waals surface area contributed by atoms with Gasteiger partial charge in [-0.3, -0.25) is 4.79 Å². The Labute approximate surface area is 260 Å². The molecule has 1 aliphatic carbocycles. The maximum Gasteiger partial charge on any atom is 0.255 e. The van der Waals surface area contributed by atoms with Crippen LogP contribution >= 0.6 is 34.5 Å². The zero-order valence-corrected chi connectivity index (χ0v) is 26.2. The van der Waals surface area contributed by atoms with Gasteiger partial charge in [0.05, 0.1) is 18.4 Å². The fraction of sp³-hybridized carbons (Fsp3) is 0.294. The van der Waals surface area contributed by atoms with E-state index in [-0.39, 0.29) is 11.3 Å². The number of furan rings is 1. The van der Waals surface area contributed by atoms with E-state index in [0.717, 1.165) is 57.6 Å². The van der Waals surface area contributed by atoms with Crippen LogP contribution in [0, 0.1) is 11.3 Å². The number of nitrogens with one attached hydrogen (secondary N) is 1. The predicted molar refractivity (Wildman–Crippen MR) is 174 cm³/mol. The summed E-state index contributed by atoms with van der Waals surface area (Å²) < 4.78 is 7.62. The Bertz CT molecular complexity index is 1780. The van der Waals surface area contributed by atoms with E-state index in [1.54, 1.807) is 23.7 Å². The summed E-state index contributed by atoms with van der Waals surface area (Å²) in [4.78, 5) is 19.9. The number of aliphatic imine (C=N–C) groups is 1. The largest absolute Gasteiger partial charge is 0.467 e. The lowest BCUT2D eigenvalue weighted by Crippen LogP contribution is -2.28. The van der Waals surface area contributed by atoms with Gasteiger partial charge in [0.15, 0.2) is 0 Å². The van der Waals surface area contributed by atoms with Crippen LogP contribution in [0.2, 0.25) is 10.0 Å². The summed E-state index contributed by atoms with van der Waals surface area (Å²) in [5.41, 5.74) is 5.10. The highest BCUT2D eigenvalue weighted by atomic mass is 35.5. The van der Waals surface area contributed by atoms with Crippen LogP contribution in [-0.2, 0) is 25.9 Å². The summed E-state index contributed by atoms with van der Waals surface area (Å²) >= 11 is 14.3. The number of nitrogens with zero attached hydrogens (tertiary/aromatic N) is 2. The van der Waals surface area contributed by atoms with E-state index in [4.69, 9.17) is 32.6 Å². The first-order valence-corrected chi connectivity index (χ1v) is 15.8. The number of hydrogen-bond donors (Lipinski definition) is 1. The van der Waals surface area contributed by atoms with E-state index >= 15 is 0 Å². The minimum absolute atomic E-state index is 0.106. The molecule has 0 bridgehead atoms. The van der Waals surface area contributed by atoms with E-state index in [2.05, 4.69) is 49.0 Å². The third kappa shape index (κ3) is 5.94. The fourth-order valence-electron chi connectivity index (χ4n) is 5.78. The van der Waals surface area contributed by atoms with Gasteiger partial charge in [-0.2, -0.15) is 0 Å². The summed E-state index contributed by atoms with van der Waals surface area (Å²) in [6.45, 7) is 7.86. The van der Waals surface area contributed by atoms with E-state index in [9.17, 15) is 4.79 Å². The van der Waals surface area contributed by atoms with Crippen molar-refractivity contribution in [1.82, 2.24) is 9.88 Å². The van der Waals surface area contributed by atoms with Crippen LogP contribution in [0.4, 0.5) is 5.00 Å². The van der Waals surface area contributed by atoms with Gasteiger partial charge in [0.1, 0.15) is 10.8 Å². The van der Waals surface area contributed by atoms with Gasteiger partial charge in [-0.05, 0) is 72.1 Å². The van der Waals surface area contributed by atoms with Crippen molar-refractivity contribution in [2.24, 2.45) is 16.3 Å². The number of benzene rings is 2. The van der Waals surface area contributed by atoms with Crippen molar-refractivity contribution in [3.63, 3.8) is 0 Å². The summed E-state index contributed by atoms with van der Waals surface area (Å²) in [7, 11) is 0. The number of fused-ring (bicyclic) bond motifs is 2. The SMILES string of the molecule is CC(C)(C)[C@@H]1CCc2c(sc(N=Cc3cn(Cc4ccc(Cl)cc4Cl)c4ccccc34)c2C(=O)NCc2ccco2)C1. The molecule has 1 aliphatic rings. The van der Waals surface area contributed by atoms with E-state index < -0.39 is 0 Å². The number of carbonyl (C=O) groups is 1. The monoisotopic (exact) mass is 617 g/mol. The zero-order valence-electron chi connectivity index (χ0n) is 23.9. The highest BCUT2D eigenvalue weighted by Crippen LogP contribution is 2.45. The van der Waals surface area contributed by atoms with Crippen LogP contribution < -0.4 is 5.32 Å². The number of hydrogen-bond acceptors (Lipinski definition) is 4. The molecule has 1 amide bonds. The first-order chi connectivity index (χ1) is 20.2. The van der Waals surface area contributed by atoms with Gasteiger partial charge >= 0.3 is 0 Å². The Morgan fingerprint density at radius 3 is 2.76 bits per heavy atom. The molecule has 1 atom stereocenters. The van der Waals surface area contributed by atoms with Gasteiger partial charge in [-0.25, -0.2) is 4.99 Å². The Hall–Kier alpha value is -3.32. The van der Waals surface area contributed by atoms with Gasteiger partial charge in [0.25, 0.3) is 5.91 Å². The fourth-order valence-corrected chi connectivity index (χ4v) is 7.51. The molecular weight excluding hydrogens is 585 g/mol. The molecular formula is C34H33Cl2N3O2S. The number of amides is 1. The first kappa shape index (κ1) is 28.8. The summed E-state index contributed by atoms with van der Waals surface area (Å²) in [6.07, 6.45) is 8.53. The molecule has 3 aromatic heterocycles. The average Bonchev–Trinajstić information content (AvgIpc) is 3.69. The quantitative estimate of drug-likeness (QED) is 0.185. The minimum atomic E-state index is -0.106. The van der Waals surface area contributed by atoms with E-state index in [1.807, 2.05) is 42.6 Å². The molecule has 5 nitrogen and oxygen atoms in total. The average molecular weight is 619 g/mol. The van der Waals surface area contributed by atoms with Crippen LogP contribution in [0.25, 0.3) is 10.9 Å². The van der Waals surface area contributed by atoms with Crippen LogP contribution in [0.3, 0.4) is 0 Å². The molecule has 216 valence electrons. The molecule has 1 N–H and O–H groups in total. The van der Waals surface area contributed by atoms with Crippen molar-refractivity contribution >= 4 is 62.6 Å². The topological polar surface area (TPSA) is 59.5 Å². The molecule has 0 saturated carbocycles. The molecule has 2 aromatic carbocycles. The third-order valence-electron chi connectivity index (χ3n) is 8.20. The smallest absolute Gasteiger partial charge is 0.255 e. The molecule has 0 fully saturated rings. The van der Waals surface area contributed by atoms with Gasteiger partial charge in [0.2, 0.25) is 0 Å². The molecule has 6 rings (SSSR count). The maximum atomic E-state index is 13.6. The third-order valence-corrected chi connectivity index (χ3v) is 9.95. The summed E-state index contributed by atoms with van der Waals surface area (Å²) in [5, 5.41) is 6.16. The lowest BCUT2D eigenvalue weighted by molar-refractivity contribution is 0.0947. The second kappa shape index (κ2) is 11.8. The second-order valence-electron chi connectivity index (χ2n) is 12.0. The Balaban J connectivity index is 1.35. The predicted octanol–water partition coefficient (Wildman–Crippen LogP) is 9.48. The number of rotatable bonds is 7. The molecule has 0 unspecified atom stereocenters. The van der Waals surface area contributed by atoms with Crippen molar-refractivity contribution in [3.05, 3.63) is 110 Å². The molecule has 0 radical (unpaired) electrons. The lowest BCUT2D eigenvalue weighted by atomic mass is 9.72. The number of carbonyl (C=O) groups excluding carboxylic acids is 1. The number of halogens is 2. The highest BCUT2D eigenvalue weighted by molar-refractivity contribution is 7.16. The van der Waals surface area contributed by atoms with Crippen LogP contribution in [0.5, 0.6) is 0 Å². The Morgan fingerprint density at radius 1 is 1.17 bits per heavy atom. The second-order valence-corrected chi connectivity index (χ2v) is 13.9. The maximum absolute atomic E-state index is 13.6. The molecule has 0 saturated heterocycles. The highest BCUT2D eigenvalue weighted by Gasteiger charge is 2.33. The zero-order chi connectivity index (χ0) is 29.4. The Kier molecular flexibility index (Phi) is 8.05. The van der Waals surface area contributed by atoms with Crippen molar-refractivity contribution < 1.29 is 9.21 Å². The van der Waals surface area contributed by atoms with E-state index in [0.29, 0.717) is 34.6 Å². The van der Waals surface area contributed by atoms with Crippen LogP contribution in [-0.4, -0.2) is 16.7 Å². The molecule has 5 aromatic rings. The molecule has 3 heterocycles. The van der Waals surface area contributed by atoms with Crippen LogP contribution in [0.15, 0.2) is 76.5 Å². The lowest BCUT2D eigenvalue weighted by Gasteiger charge is -2.33. The molecule has 42 heavy (non-hydrogen) atoms. The van der Waals surface area contributed by atoms with Crippen LogP contribution in [0.1, 0.15) is 64.9 Å². The van der Waals surface area contributed by atoms with Crippen molar-refractivity contribution in [3.8, 4) is 0 Å². The summed E-state index contributed by atoms with van der Waals surface area (Å²) in [6, 6.07) is 17.5. The minimum Gasteiger partial charge on any atom is -0.467 e. The first-order valence-electron chi connectivity index (χ1n) is 14.2. The van der Waals surface area contributed by atoms with Crippen molar-refractivity contribution in [1.29, 1.82) is 0 Å². The Morgan fingerprint density at radius 2 is 2.00 bits per heavy atom. The summed E-state index contributed by atoms with van der Waals surface area (Å²) in [5.74, 6) is 1.18. The van der Waals surface area contributed by atoms with Gasteiger partial charge in [-0.1, -0.05) is 68.2 Å². The van der Waals surface area contributed by atoms with Gasteiger partial charge in [-0.15, -0.1) is 11.3 Å². The van der Waals surface area contributed by atoms with Gasteiger partial charge < -0.3 is 14.3 Å². The number of para-hydroxylation sites is 1. The molecule has 0 spiro atoms. The number of thiophene rings is 1. The molecule has 0 aliphatic heterocycles. The standard InChI is InChI=1S/C34H33Cl2N3O2S/c1-34(2,3)23-11-13-27-30(15-23)42-33(31(27)32(40)37-18-25-7-6-14-41-25)38-17-22-20-39(29-9-5-4-8-26(22)29)19-21-10-12-24(35)16-28(21)36/h4-10,12,14,16-17,20,23H,11,13,15,18-19H2,1-3H3,(H,37,40)/t23-/m1/s1. The van der Waals surface area contributed by atoms with E-state index in [1.165, 1.54) is 4.88 Å².